The van der Waals surface area contributed by atoms with Crippen molar-refractivity contribution in [1.82, 2.24) is 4.68 Å². The minimum absolute atomic E-state index is 0.00269. The monoisotopic (exact) mass is 226 g/mol. The van der Waals surface area contributed by atoms with Crippen LogP contribution < -0.4 is 10.9 Å². The second-order valence-corrected chi connectivity index (χ2v) is 3.46. The molecule has 0 bridgehead atoms. The van der Waals surface area contributed by atoms with Crippen LogP contribution in [-0.4, -0.2) is 11.7 Å². The van der Waals surface area contributed by atoms with Crippen molar-refractivity contribution in [3.8, 4) is 0 Å². The standard InChI is InChI=1S/C10H8ClFN2O/c1-13-14-3-2-10(15)6-4-8(12)7(11)5-9(6)14/h2-5,13H,1H3. The largest absolute Gasteiger partial charge is 0.329 e. The molecule has 1 aromatic heterocycles. The summed E-state index contributed by atoms with van der Waals surface area (Å²) in [5.74, 6) is -0.588. The van der Waals surface area contributed by atoms with Crippen molar-refractivity contribution in [2.45, 2.75) is 0 Å². The lowest BCUT2D eigenvalue weighted by Crippen LogP contribution is -2.14. The van der Waals surface area contributed by atoms with Gasteiger partial charge in [0, 0.05) is 19.3 Å². The van der Waals surface area contributed by atoms with Gasteiger partial charge in [-0.3, -0.25) is 9.47 Å². The Morgan fingerprint density at radius 3 is 2.87 bits per heavy atom. The zero-order chi connectivity index (χ0) is 11.0. The Morgan fingerprint density at radius 2 is 2.20 bits per heavy atom. The van der Waals surface area contributed by atoms with Crippen molar-refractivity contribution in [3.05, 3.63) is 45.5 Å². The Bertz CT molecular complexity index is 579. The van der Waals surface area contributed by atoms with Gasteiger partial charge in [0.25, 0.3) is 0 Å². The third-order valence-electron chi connectivity index (χ3n) is 2.18. The van der Waals surface area contributed by atoms with E-state index in [1.807, 2.05) is 0 Å². The van der Waals surface area contributed by atoms with Gasteiger partial charge in [-0.2, -0.15) is 0 Å². The highest BCUT2D eigenvalue weighted by Crippen LogP contribution is 2.20. The molecule has 2 aromatic rings. The molecule has 5 heteroatoms. The molecule has 1 aromatic carbocycles. The van der Waals surface area contributed by atoms with Crippen molar-refractivity contribution in [2.75, 3.05) is 12.5 Å². The molecule has 0 aliphatic heterocycles. The van der Waals surface area contributed by atoms with Crippen molar-refractivity contribution in [1.29, 1.82) is 0 Å². The number of rotatable bonds is 1. The molecule has 0 fully saturated rings. The van der Waals surface area contributed by atoms with E-state index < -0.39 is 5.82 Å². The first-order valence-corrected chi connectivity index (χ1v) is 4.69. The van der Waals surface area contributed by atoms with E-state index >= 15 is 0 Å². The highest BCUT2D eigenvalue weighted by molar-refractivity contribution is 6.31. The molecule has 15 heavy (non-hydrogen) atoms. The van der Waals surface area contributed by atoms with Crippen LogP contribution in [0.5, 0.6) is 0 Å². The summed E-state index contributed by atoms with van der Waals surface area (Å²) in [6.07, 6.45) is 1.57. The molecule has 0 atom stereocenters. The molecule has 0 spiro atoms. The molecule has 0 radical (unpaired) electrons. The Morgan fingerprint density at radius 1 is 1.47 bits per heavy atom. The van der Waals surface area contributed by atoms with E-state index in [-0.39, 0.29) is 10.5 Å². The van der Waals surface area contributed by atoms with Crippen LogP contribution in [-0.2, 0) is 0 Å². The van der Waals surface area contributed by atoms with E-state index in [9.17, 15) is 9.18 Å². The lowest BCUT2D eigenvalue weighted by Gasteiger charge is -2.09. The van der Waals surface area contributed by atoms with Crippen molar-refractivity contribution in [2.24, 2.45) is 0 Å². The average Bonchev–Trinajstić information content (AvgIpc) is 2.22. The number of fused-ring (bicyclic) bond motifs is 1. The maximum absolute atomic E-state index is 13.2. The summed E-state index contributed by atoms with van der Waals surface area (Å²) in [6, 6.07) is 3.93. The number of pyridine rings is 1. The zero-order valence-corrected chi connectivity index (χ0v) is 8.68. The Kier molecular flexibility index (Phi) is 2.36. The summed E-state index contributed by atoms with van der Waals surface area (Å²) in [7, 11) is 1.70. The molecule has 0 aliphatic carbocycles. The molecule has 0 unspecified atom stereocenters. The highest BCUT2D eigenvalue weighted by Gasteiger charge is 2.07. The molecule has 1 heterocycles. The topological polar surface area (TPSA) is 34.0 Å². The van der Waals surface area contributed by atoms with Gasteiger partial charge in [-0.25, -0.2) is 4.39 Å². The summed E-state index contributed by atoms with van der Waals surface area (Å²) in [5.41, 5.74) is 3.16. The predicted octanol–water partition coefficient (Wildman–Crippen LogP) is 1.97. The molecule has 0 amide bonds. The predicted molar refractivity (Wildman–Crippen MR) is 58.5 cm³/mol. The van der Waals surface area contributed by atoms with Crippen molar-refractivity contribution < 1.29 is 4.39 Å². The van der Waals surface area contributed by atoms with Crippen molar-refractivity contribution >= 4 is 22.5 Å². The molecule has 0 aliphatic rings. The third-order valence-corrected chi connectivity index (χ3v) is 2.47. The van der Waals surface area contributed by atoms with Crippen LogP contribution in [0, 0.1) is 5.82 Å². The van der Waals surface area contributed by atoms with E-state index in [2.05, 4.69) is 5.43 Å². The first-order valence-electron chi connectivity index (χ1n) is 4.31. The van der Waals surface area contributed by atoms with Gasteiger partial charge in [0.1, 0.15) is 5.82 Å². The number of nitrogens with one attached hydrogen (secondary N) is 1. The number of hydrogen-bond acceptors (Lipinski definition) is 2. The van der Waals surface area contributed by atoms with Crippen molar-refractivity contribution in [3.63, 3.8) is 0 Å². The van der Waals surface area contributed by atoms with Crippen LogP contribution in [0.4, 0.5) is 4.39 Å². The summed E-state index contributed by atoms with van der Waals surface area (Å²) in [5, 5.41) is 0.297. The molecule has 0 saturated carbocycles. The van der Waals surface area contributed by atoms with Gasteiger partial charge < -0.3 is 5.43 Å². The molecular formula is C10H8ClFN2O. The molecule has 3 nitrogen and oxygen atoms in total. The van der Waals surface area contributed by atoms with Gasteiger partial charge in [-0.05, 0) is 12.1 Å². The number of halogens is 2. The van der Waals surface area contributed by atoms with Crippen LogP contribution >= 0.6 is 11.6 Å². The Labute approximate surface area is 90.1 Å². The number of nitrogens with zero attached hydrogens (tertiary/aromatic N) is 1. The van der Waals surface area contributed by atoms with Gasteiger partial charge in [0.15, 0.2) is 5.43 Å². The van der Waals surface area contributed by atoms with Crippen LogP contribution in [0.2, 0.25) is 5.02 Å². The maximum Gasteiger partial charge on any atom is 0.189 e. The summed E-state index contributed by atoms with van der Waals surface area (Å²) < 4.78 is 14.8. The quantitative estimate of drug-likeness (QED) is 0.807. The first-order chi connectivity index (χ1) is 7.13. The molecule has 2 rings (SSSR count). The second-order valence-electron chi connectivity index (χ2n) is 3.06. The van der Waals surface area contributed by atoms with Crippen LogP contribution in [0.15, 0.2) is 29.2 Å². The highest BCUT2D eigenvalue weighted by atomic mass is 35.5. The maximum atomic E-state index is 13.2. The molecule has 78 valence electrons. The Hall–Kier alpha value is -1.55. The van der Waals surface area contributed by atoms with Gasteiger partial charge in [0.2, 0.25) is 0 Å². The molecule has 1 N–H and O–H groups in total. The molecule has 0 saturated heterocycles. The number of aromatic nitrogens is 1. The minimum Gasteiger partial charge on any atom is -0.329 e. The van der Waals surface area contributed by atoms with E-state index in [4.69, 9.17) is 11.6 Å². The van der Waals surface area contributed by atoms with Crippen LogP contribution in [0.25, 0.3) is 10.9 Å². The normalized spacial score (nSPS) is 10.6. The van der Waals surface area contributed by atoms with E-state index in [0.717, 1.165) is 6.07 Å². The average molecular weight is 227 g/mol. The van der Waals surface area contributed by atoms with E-state index in [0.29, 0.717) is 10.9 Å². The number of benzene rings is 1. The fraction of sp³-hybridized carbons (Fsp3) is 0.100. The van der Waals surface area contributed by atoms with Crippen LogP contribution in [0.3, 0.4) is 0 Å². The van der Waals surface area contributed by atoms with Crippen LogP contribution in [0.1, 0.15) is 0 Å². The van der Waals surface area contributed by atoms with Gasteiger partial charge in [0.05, 0.1) is 15.9 Å². The van der Waals surface area contributed by atoms with E-state index in [1.165, 1.54) is 12.1 Å². The summed E-state index contributed by atoms with van der Waals surface area (Å²) in [6.45, 7) is 0. The van der Waals surface area contributed by atoms with Gasteiger partial charge >= 0.3 is 0 Å². The zero-order valence-electron chi connectivity index (χ0n) is 7.92. The summed E-state index contributed by atoms with van der Waals surface area (Å²) in [4.78, 5) is 11.5. The first kappa shape index (κ1) is 9.98. The summed E-state index contributed by atoms with van der Waals surface area (Å²) >= 11 is 5.65. The molecular weight excluding hydrogens is 219 g/mol. The Balaban J connectivity index is 2.95. The lowest BCUT2D eigenvalue weighted by atomic mass is 10.2. The SMILES string of the molecule is CNn1ccc(=O)c2cc(F)c(Cl)cc21. The second kappa shape index (κ2) is 3.55. The number of hydrogen-bond donors (Lipinski definition) is 1. The minimum atomic E-state index is -0.588. The fourth-order valence-electron chi connectivity index (χ4n) is 1.44. The fourth-order valence-corrected chi connectivity index (χ4v) is 1.60. The smallest absolute Gasteiger partial charge is 0.189 e. The third kappa shape index (κ3) is 1.57. The lowest BCUT2D eigenvalue weighted by molar-refractivity contribution is 0.629. The van der Waals surface area contributed by atoms with E-state index in [1.54, 1.807) is 17.9 Å². The van der Waals surface area contributed by atoms with Gasteiger partial charge in [-0.15, -0.1) is 0 Å². The van der Waals surface area contributed by atoms with Gasteiger partial charge in [-0.1, -0.05) is 11.6 Å².